The van der Waals surface area contributed by atoms with Crippen molar-refractivity contribution in [1.29, 1.82) is 0 Å². The number of carbonyl (C=O) groups is 1. The van der Waals surface area contributed by atoms with Crippen LogP contribution in [-0.4, -0.2) is 41.7 Å². The maximum atomic E-state index is 12.3. The Balaban J connectivity index is 2.05. The van der Waals surface area contributed by atoms with Gasteiger partial charge in [0.2, 0.25) is 5.91 Å². The third kappa shape index (κ3) is 2.54. The Labute approximate surface area is 107 Å². The standard InChI is InChI=1S/C14H18N2O2/c1-2-7-16(8-9-17)14(18)13-10-11-5-3-4-6-12(11)15-13/h2-6,13,15,17H,1,7-10H2. The molecule has 1 aromatic carbocycles. The van der Waals surface area contributed by atoms with Crippen molar-refractivity contribution in [1.82, 2.24) is 4.90 Å². The van der Waals surface area contributed by atoms with Crippen LogP contribution in [0.4, 0.5) is 5.69 Å². The summed E-state index contributed by atoms with van der Waals surface area (Å²) in [6.45, 7) is 4.42. The number of hydrogen-bond acceptors (Lipinski definition) is 3. The summed E-state index contributed by atoms with van der Waals surface area (Å²) in [6, 6.07) is 7.71. The molecule has 2 N–H and O–H groups in total. The van der Waals surface area contributed by atoms with Crippen molar-refractivity contribution in [2.75, 3.05) is 25.0 Å². The molecule has 1 aliphatic rings. The fourth-order valence-electron chi connectivity index (χ4n) is 2.24. The minimum Gasteiger partial charge on any atom is -0.395 e. The highest BCUT2D eigenvalue weighted by atomic mass is 16.3. The van der Waals surface area contributed by atoms with Crippen LogP contribution >= 0.6 is 0 Å². The van der Waals surface area contributed by atoms with Crippen LogP contribution in [0.15, 0.2) is 36.9 Å². The second-order valence-electron chi connectivity index (χ2n) is 4.35. The Morgan fingerprint density at radius 1 is 1.56 bits per heavy atom. The van der Waals surface area contributed by atoms with Gasteiger partial charge in [-0.2, -0.15) is 0 Å². The van der Waals surface area contributed by atoms with Gasteiger partial charge >= 0.3 is 0 Å². The minimum atomic E-state index is -0.228. The molecule has 1 aromatic rings. The number of rotatable bonds is 5. The quantitative estimate of drug-likeness (QED) is 0.763. The zero-order valence-corrected chi connectivity index (χ0v) is 10.3. The topological polar surface area (TPSA) is 52.6 Å². The Morgan fingerprint density at radius 2 is 2.33 bits per heavy atom. The zero-order chi connectivity index (χ0) is 13.0. The van der Waals surface area contributed by atoms with E-state index in [1.54, 1.807) is 11.0 Å². The lowest BCUT2D eigenvalue weighted by atomic mass is 10.1. The first-order chi connectivity index (χ1) is 8.76. The third-order valence-electron chi connectivity index (χ3n) is 3.10. The molecular weight excluding hydrogens is 228 g/mol. The Morgan fingerprint density at radius 3 is 3.00 bits per heavy atom. The number of aliphatic hydroxyl groups excluding tert-OH is 1. The van der Waals surface area contributed by atoms with E-state index in [-0.39, 0.29) is 18.6 Å². The molecule has 0 fully saturated rings. The van der Waals surface area contributed by atoms with Crippen LogP contribution in [0.3, 0.4) is 0 Å². The third-order valence-corrected chi connectivity index (χ3v) is 3.10. The first kappa shape index (κ1) is 12.6. The molecule has 96 valence electrons. The smallest absolute Gasteiger partial charge is 0.245 e. The number of nitrogens with one attached hydrogen (secondary N) is 1. The summed E-state index contributed by atoms with van der Waals surface area (Å²) >= 11 is 0. The normalized spacial score (nSPS) is 16.8. The van der Waals surface area contributed by atoms with Crippen molar-refractivity contribution >= 4 is 11.6 Å². The number of amides is 1. The first-order valence-electron chi connectivity index (χ1n) is 6.11. The molecule has 2 rings (SSSR count). The summed E-state index contributed by atoms with van der Waals surface area (Å²) in [5, 5.41) is 12.2. The summed E-state index contributed by atoms with van der Waals surface area (Å²) < 4.78 is 0. The average molecular weight is 246 g/mol. The highest BCUT2D eigenvalue weighted by Gasteiger charge is 2.29. The predicted octanol–water partition coefficient (Wildman–Crippen LogP) is 1.03. The summed E-state index contributed by atoms with van der Waals surface area (Å²) in [4.78, 5) is 13.9. The molecule has 0 bridgehead atoms. The molecule has 1 amide bonds. The van der Waals surface area contributed by atoms with Crippen LogP contribution in [0.5, 0.6) is 0 Å². The molecule has 0 spiro atoms. The van der Waals surface area contributed by atoms with Crippen LogP contribution in [0, 0.1) is 0 Å². The van der Waals surface area contributed by atoms with Gasteiger partial charge in [0, 0.05) is 25.2 Å². The van der Waals surface area contributed by atoms with Crippen molar-refractivity contribution in [3.05, 3.63) is 42.5 Å². The first-order valence-corrected chi connectivity index (χ1v) is 6.11. The van der Waals surface area contributed by atoms with E-state index in [1.807, 2.05) is 24.3 Å². The van der Waals surface area contributed by atoms with Crippen LogP contribution in [-0.2, 0) is 11.2 Å². The van der Waals surface area contributed by atoms with Crippen LogP contribution in [0.1, 0.15) is 5.56 Å². The molecule has 1 aliphatic heterocycles. The molecule has 18 heavy (non-hydrogen) atoms. The second-order valence-corrected chi connectivity index (χ2v) is 4.35. The molecule has 1 unspecified atom stereocenters. The number of carbonyl (C=O) groups excluding carboxylic acids is 1. The lowest BCUT2D eigenvalue weighted by Gasteiger charge is -2.23. The van der Waals surface area contributed by atoms with Gasteiger partial charge in [-0.25, -0.2) is 0 Å². The van der Waals surface area contributed by atoms with E-state index in [4.69, 9.17) is 5.11 Å². The lowest BCUT2D eigenvalue weighted by molar-refractivity contribution is -0.131. The molecule has 0 aliphatic carbocycles. The molecule has 1 atom stereocenters. The van der Waals surface area contributed by atoms with Crippen molar-refractivity contribution in [2.45, 2.75) is 12.5 Å². The van der Waals surface area contributed by atoms with E-state index in [0.29, 0.717) is 19.5 Å². The van der Waals surface area contributed by atoms with Gasteiger partial charge in [-0.3, -0.25) is 4.79 Å². The van der Waals surface area contributed by atoms with Crippen molar-refractivity contribution in [3.63, 3.8) is 0 Å². The van der Waals surface area contributed by atoms with Gasteiger partial charge in [0.15, 0.2) is 0 Å². The number of anilines is 1. The molecule has 1 heterocycles. The van der Waals surface area contributed by atoms with Gasteiger partial charge in [-0.1, -0.05) is 24.3 Å². The minimum absolute atomic E-state index is 0.0140. The van der Waals surface area contributed by atoms with E-state index in [9.17, 15) is 4.79 Å². The maximum absolute atomic E-state index is 12.3. The number of nitrogens with zero attached hydrogens (tertiary/aromatic N) is 1. The molecule has 0 saturated carbocycles. The second kappa shape index (κ2) is 5.69. The highest BCUT2D eigenvalue weighted by molar-refractivity contribution is 5.87. The number of hydrogen-bond donors (Lipinski definition) is 2. The fraction of sp³-hybridized carbons (Fsp3) is 0.357. The number of benzene rings is 1. The van der Waals surface area contributed by atoms with Crippen LogP contribution in [0.25, 0.3) is 0 Å². The summed E-state index contributed by atoms with van der Waals surface area (Å²) in [5.41, 5.74) is 2.19. The monoisotopic (exact) mass is 246 g/mol. The highest BCUT2D eigenvalue weighted by Crippen LogP contribution is 2.25. The maximum Gasteiger partial charge on any atom is 0.245 e. The van der Waals surface area contributed by atoms with Crippen LogP contribution in [0.2, 0.25) is 0 Å². The van der Waals surface area contributed by atoms with Gasteiger partial charge in [0.1, 0.15) is 6.04 Å². The molecule has 0 aromatic heterocycles. The zero-order valence-electron chi connectivity index (χ0n) is 10.3. The van der Waals surface area contributed by atoms with E-state index in [0.717, 1.165) is 5.69 Å². The molecule has 0 saturated heterocycles. The SMILES string of the molecule is C=CCN(CCO)C(=O)C1Cc2ccccc2N1. The molecule has 4 heteroatoms. The summed E-state index contributed by atoms with van der Waals surface area (Å²) in [5.74, 6) is 0.0140. The molecular formula is C14H18N2O2. The van der Waals surface area contributed by atoms with Crippen LogP contribution < -0.4 is 5.32 Å². The van der Waals surface area contributed by atoms with Gasteiger partial charge in [-0.15, -0.1) is 6.58 Å². The van der Waals surface area contributed by atoms with Gasteiger partial charge in [0.25, 0.3) is 0 Å². The van der Waals surface area contributed by atoms with Gasteiger partial charge in [-0.05, 0) is 11.6 Å². The Hall–Kier alpha value is -1.81. The van der Waals surface area contributed by atoms with E-state index >= 15 is 0 Å². The lowest BCUT2D eigenvalue weighted by Crippen LogP contribution is -2.43. The molecule has 4 nitrogen and oxygen atoms in total. The summed E-state index contributed by atoms with van der Waals surface area (Å²) in [7, 11) is 0. The summed E-state index contributed by atoms with van der Waals surface area (Å²) in [6.07, 6.45) is 2.38. The van der Waals surface area contributed by atoms with Crippen molar-refractivity contribution in [2.24, 2.45) is 0 Å². The average Bonchev–Trinajstić information content (AvgIpc) is 2.81. The largest absolute Gasteiger partial charge is 0.395 e. The fourth-order valence-corrected chi connectivity index (χ4v) is 2.24. The van der Waals surface area contributed by atoms with Gasteiger partial charge in [0.05, 0.1) is 6.61 Å². The van der Waals surface area contributed by atoms with Crippen molar-refractivity contribution in [3.8, 4) is 0 Å². The Bertz CT molecular complexity index is 420. The Kier molecular flexibility index (Phi) is 3.99. The predicted molar refractivity (Wildman–Crippen MR) is 71.4 cm³/mol. The number of para-hydroxylation sites is 1. The van der Waals surface area contributed by atoms with E-state index < -0.39 is 0 Å². The molecule has 0 radical (unpaired) electrons. The van der Waals surface area contributed by atoms with Crippen molar-refractivity contribution < 1.29 is 9.90 Å². The van der Waals surface area contributed by atoms with E-state index in [1.165, 1.54) is 5.56 Å². The number of fused-ring (bicyclic) bond motifs is 1. The number of aliphatic hydroxyl groups is 1. The van der Waals surface area contributed by atoms with Gasteiger partial charge < -0.3 is 15.3 Å². The van der Waals surface area contributed by atoms with E-state index in [2.05, 4.69) is 11.9 Å².